The molecule has 5 heteroatoms. The average molecular weight is 353 g/mol. The van der Waals surface area contributed by atoms with Crippen LogP contribution in [0.1, 0.15) is 34.3 Å². The van der Waals surface area contributed by atoms with Crippen LogP contribution < -0.4 is 0 Å². The van der Waals surface area contributed by atoms with Gasteiger partial charge in [-0.15, -0.1) is 0 Å². The molecular weight excluding hydrogens is 330 g/mol. The lowest BCUT2D eigenvalue weighted by Gasteiger charge is -2.17. The molecule has 1 atom stereocenters. The molecule has 1 saturated heterocycles. The maximum Gasteiger partial charge on any atom is 0.335 e. The molecule has 3 rings (SSSR count). The summed E-state index contributed by atoms with van der Waals surface area (Å²) in [7, 11) is 0. The number of hydrogen-bond acceptors (Lipinski definition) is 3. The summed E-state index contributed by atoms with van der Waals surface area (Å²) in [5.74, 6) is -0.0910. The number of carbonyl (C=O) groups is 2. The van der Waals surface area contributed by atoms with Crippen molar-refractivity contribution < 1.29 is 19.8 Å². The molecule has 0 unspecified atom stereocenters. The van der Waals surface area contributed by atoms with Crippen LogP contribution in [0.15, 0.2) is 48.5 Å². The molecule has 1 amide bonds. The predicted octanol–water partition coefficient (Wildman–Crippen LogP) is 3.11. The molecule has 0 radical (unpaired) electrons. The standard InChI is InChI=1S/C21H23NO4/c23-19-8-3-15(4-9-19)5-10-20(24)22-12-11-17(14-22)13-16-1-6-18(7-2-16)21(25)26/h1-4,6-9,17,23H,5,10-14H2,(H,25,26)/t17-/m1/s1. The maximum atomic E-state index is 12.4. The first-order valence-electron chi connectivity index (χ1n) is 8.89. The van der Waals surface area contributed by atoms with E-state index in [2.05, 4.69) is 0 Å². The predicted molar refractivity (Wildman–Crippen MR) is 98.2 cm³/mol. The quantitative estimate of drug-likeness (QED) is 0.836. The molecule has 0 bridgehead atoms. The molecule has 26 heavy (non-hydrogen) atoms. The van der Waals surface area contributed by atoms with Gasteiger partial charge in [-0.1, -0.05) is 24.3 Å². The Balaban J connectivity index is 1.47. The third kappa shape index (κ3) is 4.63. The van der Waals surface area contributed by atoms with Gasteiger partial charge in [-0.25, -0.2) is 4.79 Å². The number of benzene rings is 2. The Hall–Kier alpha value is -2.82. The second-order valence-corrected chi connectivity index (χ2v) is 6.87. The largest absolute Gasteiger partial charge is 0.508 e. The minimum absolute atomic E-state index is 0.168. The van der Waals surface area contributed by atoms with E-state index in [1.54, 1.807) is 24.3 Å². The van der Waals surface area contributed by atoms with Gasteiger partial charge >= 0.3 is 5.97 Å². The topological polar surface area (TPSA) is 77.8 Å². The molecule has 1 aliphatic heterocycles. The SMILES string of the molecule is O=C(O)c1ccc(C[C@H]2CCN(C(=O)CCc3ccc(O)cc3)C2)cc1. The summed E-state index contributed by atoms with van der Waals surface area (Å²) in [5.41, 5.74) is 2.45. The van der Waals surface area contributed by atoms with Crippen LogP contribution in [0.4, 0.5) is 0 Å². The van der Waals surface area contributed by atoms with E-state index in [0.29, 0.717) is 24.3 Å². The number of nitrogens with zero attached hydrogens (tertiary/aromatic N) is 1. The van der Waals surface area contributed by atoms with Crippen molar-refractivity contribution in [2.24, 2.45) is 5.92 Å². The number of carbonyl (C=O) groups excluding carboxylic acids is 1. The van der Waals surface area contributed by atoms with Crippen LogP contribution in [0, 0.1) is 5.92 Å². The van der Waals surface area contributed by atoms with E-state index >= 15 is 0 Å². The zero-order valence-corrected chi connectivity index (χ0v) is 14.6. The minimum atomic E-state index is -0.914. The van der Waals surface area contributed by atoms with Gasteiger partial charge in [0.25, 0.3) is 0 Å². The van der Waals surface area contributed by atoms with E-state index in [9.17, 15) is 14.7 Å². The van der Waals surface area contributed by atoms with Gasteiger partial charge in [-0.05, 0) is 60.6 Å². The molecule has 1 fully saturated rings. The second kappa shape index (κ2) is 8.04. The lowest BCUT2D eigenvalue weighted by atomic mass is 9.98. The minimum Gasteiger partial charge on any atom is -0.508 e. The van der Waals surface area contributed by atoms with Gasteiger partial charge < -0.3 is 15.1 Å². The third-order valence-corrected chi connectivity index (χ3v) is 4.93. The fourth-order valence-corrected chi connectivity index (χ4v) is 3.41. The summed E-state index contributed by atoms with van der Waals surface area (Å²) in [6, 6.07) is 14.0. The number of hydrogen-bond donors (Lipinski definition) is 2. The molecule has 5 nitrogen and oxygen atoms in total. The zero-order chi connectivity index (χ0) is 18.5. The average Bonchev–Trinajstić information content (AvgIpc) is 3.10. The van der Waals surface area contributed by atoms with Crippen LogP contribution in [0.5, 0.6) is 5.75 Å². The number of carboxylic acids is 1. The first kappa shape index (κ1) is 18.0. The molecule has 2 aromatic rings. The fraction of sp³-hybridized carbons (Fsp3) is 0.333. The number of phenolic OH excluding ortho intramolecular Hbond substituents is 1. The van der Waals surface area contributed by atoms with Gasteiger partial charge in [-0.2, -0.15) is 0 Å². The molecule has 0 spiro atoms. The van der Waals surface area contributed by atoms with Crippen molar-refractivity contribution in [3.05, 3.63) is 65.2 Å². The lowest BCUT2D eigenvalue weighted by molar-refractivity contribution is -0.130. The van der Waals surface area contributed by atoms with Gasteiger partial charge in [0.15, 0.2) is 0 Å². The summed E-state index contributed by atoms with van der Waals surface area (Å²) >= 11 is 0. The Morgan fingerprint density at radius 1 is 1.00 bits per heavy atom. The van der Waals surface area contributed by atoms with Crippen molar-refractivity contribution in [3.63, 3.8) is 0 Å². The van der Waals surface area contributed by atoms with Crippen molar-refractivity contribution in [2.75, 3.05) is 13.1 Å². The zero-order valence-electron chi connectivity index (χ0n) is 14.6. The lowest BCUT2D eigenvalue weighted by Crippen LogP contribution is -2.29. The number of likely N-dealkylation sites (tertiary alicyclic amines) is 1. The summed E-state index contributed by atoms with van der Waals surface area (Å²) in [5, 5.41) is 18.2. The van der Waals surface area contributed by atoms with E-state index in [-0.39, 0.29) is 11.7 Å². The normalized spacial score (nSPS) is 16.6. The number of aromatic hydroxyl groups is 1. The van der Waals surface area contributed by atoms with Crippen molar-refractivity contribution in [3.8, 4) is 5.75 Å². The highest BCUT2D eigenvalue weighted by Gasteiger charge is 2.26. The molecule has 2 N–H and O–H groups in total. The van der Waals surface area contributed by atoms with Crippen LogP contribution in [-0.2, 0) is 17.6 Å². The van der Waals surface area contributed by atoms with Crippen molar-refractivity contribution in [1.82, 2.24) is 4.90 Å². The van der Waals surface area contributed by atoms with E-state index in [4.69, 9.17) is 5.11 Å². The Labute approximate surface area is 152 Å². The molecule has 136 valence electrons. The summed E-state index contributed by atoms with van der Waals surface area (Å²) in [6.07, 6.45) is 3.00. The monoisotopic (exact) mass is 353 g/mol. The van der Waals surface area contributed by atoms with E-state index in [1.807, 2.05) is 29.2 Å². The van der Waals surface area contributed by atoms with Crippen LogP contribution in [0.2, 0.25) is 0 Å². The Morgan fingerprint density at radius 2 is 1.65 bits per heavy atom. The van der Waals surface area contributed by atoms with E-state index in [1.165, 1.54) is 0 Å². The highest BCUT2D eigenvalue weighted by molar-refractivity contribution is 5.87. The number of aromatic carboxylic acids is 1. The van der Waals surface area contributed by atoms with E-state index < -0.39 is 5.97 Å². The van der Waals surface area contributed by atoms with Crippen molar-refractivity contribution in [1.29, 1.82) is 0 Å². The number of carboxylic acid groups (broad SMARTS) is 1. The molecular formula is C21H23NO4. The number of phenols is 1. The Kier molecular flexibility index (Phi) is 5.56. The first-order chi connectivity index (χ1) is 12.5. The summed E-state index contributed by atoms with van der Waals surface area (Å²) in [4.78, 5) is 25.2. The Bertz CT molecular complexity index is 768. The van der Waals surface area contributed by atoms with Crippen molar-refractivity contribution >= 4 is 11.9 Å². The van der Waals surface area contributed by atoms with Gasteiger partial charge in [0, 0.05) is 19.5 Å². The number of rotatable bonds is 6. The fourth-order valence-electron chi connectivity index (χ4n) is 3.41. The molecule has 1 heterocycles. The van der Waals surface area contributed by atoms with Crippen LogP contribution in [0.3, 0.4) is 0 Å². The van der Waals surface area contributed by atoms with E-state index in [0.717, 1.165) is 37.1 Å². The number of aryl methyl sites for hydroxylation is 1. The van der Waals surface area contributed by atoms with Gasteiger partial charge in [-0.3, -0.25) is 4.79 Å². The van der Waals surface area contributed by atoms with Gasteiger partial charge in [0.05, 0.1) is 5.56 Å². The molecule has 1 aliphatic rings. The smallest absolute Gasteiger partial charge is 0.335 e. The van der Waals surface area contributed by atoms with Gasteiger partial charge in [0.1, 0.15) is 5.75 Å². The second-order valence-electron chi connectivity index (χ2n) is 6.87. The van der Waals surface area contributed by atoms with Crippen molar-refractivity contribution in [2.45, 2.75) is 25.7 Å². The Morgan fingerprint density at radius 3 is 2.31 bits per heavy atom. The maximum absolute atomic E-state index is 12.4. The highest BCUT2D eigenvalue weighted by atomic mass is 16.4. The molecule has 0 saturated carbocycles. The molecule has 0 aromatic heterocycles. The van der Waals surface area contributed by atoms with Crippen LogP contribution in [0.25, 0.3) is 0 Å². The van der Waals surface area contributed by atoms with Gasteiger partial charge in [0.2, 0.25) is 5.91 Å². The highest BCUT2D eigenvalue weighted by Crippen LogP contribution is 2.22. The summed E-state index contributed by atoms with van der Waals surface area (Å²) < 4.78 is 0. The molecule has 2 aromatic carbocycles. The summed E-state index contributed by atoms with van der Waals surface area (Å²) in [6.45, 7) is 1.54. The first-order valence-corrected chi connectivity index (χ1v) is 8.89. The van der Waals surface area contributed by atoms with Crippen LogP contribution in [-0.4, -0.2) is 40.1 Å². The van der Waals surface area contributed by atoms with Crippen LogP contribution >= 0.6 is 0 Å². The third-order valence-electron chi connectivity index (χ3n) is 4.93. The number of amides is 1. The molecule has 0 aliphatic carbocycles.